The summed E-state index contributed by atoms with van der Waals surface area (Å²) in [4.78, 5) is 10.9. The fourth-order valence-corrected chi connectivity index (χ4v) is 2.05. The van der Waals surface area contributed by atoms with E-state index in [1.165, 1.54) is 0 Å². The van der Waals surface area contributed by atoms with Crippen LogP contribution < -0.4 is 0 Å². The van der Waals surface area contributed by atoms with Crippen molar-refractivity contribution in [3.05, 3.63) is 34.4 Å². The molecule has 2 aromatic rings. The summed E-state index contributed by atoms with van der Waals surface area (Å²) in [6.07, 6.45) is 7.57. The third-order valence-corrected chi connectivity index (χ3v) is 2.98. The standard InChI is InChI=1S/C15H17BrN2O/c1-5-6-11-10(7-8-16)13-12(19-11)9-17-14(18-13)15(2,3)4/h5-9H,1-4H3/b6-5-,8-7+. The van der Waals surface area contributed by atoms with Crippen LogP contribution in [0.3, 0.4) is 0 Å². The number of halogens is 1. The lowest BCUT2D eigenvalue weighted by atomic mass is 9.95. The van der Waals surface area contributed by atoms with E-state index in [2.05, 4.69) is 46.7 Å². The third-order valence-electron chi connectivity index (χ3n) is 2.71. The molecule has 0 aliphatic rings. The van der Waals surface area contributed by atoms with E-state index in [1.54, 1.807) is 6.20 Å². The topological polar surface area (TPSA) is 38.9 Å². The Labute approximate surface area is 121 Å². The van der Waals surface area contributed by atoms with Crippen molar-refractivity contribution in [2.24, 2.45) is 0 Å². The molecule has 2 rings (SSSR count). The maximum absolute atomic E-state index is 5.78. The second kappa shape index (κ2) is 5.29. The number of nitrogens with zero attached hydrogens (tertiary/aromatic N) is 2. The SMILES string of the molecule is C/C=C\c1oc2cnc(C(C)(C)C)nc2c1/C=C/Br. The van der Waals surface area contributed by atoms with Gasteiger partial charge in [0.1, 0.15) is 17.1 Å². The fourth-order valence-electron chi connectivity index (χ4n) is 1.79. The number of fused-ring (bicyclic) bond motifs is 1. The van der Waals surface area contributed by atoms with Crippen molar-refractivity contribution in [1.29, 1.82) is 0 Å². The maximum Gasteiger partial charge on any atom is 0.172 e. The predicted octanol–water partition coefficient (Wildman–Crippen LogP) is 4.92. The second-order valence-electron chi connectivity index (χ2n) is 5.33. The summed E-state index contributed by atoms with van der Waals surface area (Å²) in [5, 5.41) is 0. The number of rotatable bonds is 2. The number of hydrogen-bond acceptors (Lipinski definition) is 3. The van der Waals surface area contributed by atoms with Gasteiger partial charge >= 0.3 is 0 Å². The molecule has 19 heavy (non-hydrogen) atoms. The molecule has 0 N–H and O–H groups in total. The molecule has 0 atom stereocenters. The second-order valence-corrected chi connectivity index (χ2v) is 5.86. The Morgan fingerprint density at radius 1 is 1.26 bits per heavy atom. The lowest BCUT2D eigenvalue weighted by molar-refractivity contribution is 0.545. The molecule has 0 spiro atoms. The normalized spacial score (nSPS) is 13.1. The van der Waals surface area contributed by atoms with Crippen molar-refractivity contribution >= 4 is 39.2 Å². The van der Waals surface area contributed by atoms with Gasteiger partial charge in [0.15, 0.2) is 5.58 Å². The molecule has 0 unspecified atom stereocenters. The van der Waals surface area contributed by atoms with Crippen molar-refractivity contribution in [3.8, 4) is 0 Å². The molecule has 0 aromatic carbocycles. The van der Waals surface area contributed by atoms with Crippen LogP contribution in [-0.2, 0) is 5.41 Å². The Bertz CT molecular complexity index is 648. The zero-order chi connectivity index (χ0) is 14.0. The number of aromatic nitrogens is 2. The van der Waals surface area contributed by atoms with Crippen LogP contribution in [0.1, 0.15) is 44.8 Å². The van der Waals surface area contributed by atoms with Gasteiger partial charge in [0.2, 0.25) is 0 Å². The summed E-state index contributed by atoms with van der Waals surface area (Å²) in [6.45, 7) is 8.25. The van der Waals surface area contributed by atoms with Crippen molar-refractivity contribution in [2.45, 2.75) is 33.1 Å². The summed E-state index contributed by atoms with van der Waals surface area (Å²) in [5.74, 6) is 1.62. The highest BCUT2D eigenvalue weighted by Gasteiger charge is 2.20. The fraction of sp³-hybridized carbons (Fsp3) is 0.333. The largest absolute Gasteiger partial charge is 0.453 e. The lowest BCUT2D eigenvalue weighted by Gasteiger charge is -2.15. The molecular formula is C15H17BrN2O. The molecule has 0 fully saturated rings. The first-order chi connectivity index (χ1) is 8.97. The Hall–Kier alpha value is -1.42. The van der Waals surface area contributed by atoms with E-state index in [9.17, 15) is 0 Å². The monoisotopic (exact) mass is 320 g/mol. The Morgan fingerprint density at radius 2 is 2.00 bits per heavy atom. The van der Waals surface area contributed by atoms with Gasteiger partial charge in [0.25, 0.3) is 0 Å². The smallest absolute Gasteiger partial charge is 0.172 e. The first-order valence-corrected chi connectivity index (χ1v) is 7.08. The molecule has 2 aromatic heterocycles. The van der Waals surface area contributed by atoms with Crippen LogP contribution in [0.15, 0.2) is 21.7 Å². The molecule has 0 amide bonds. The molecule has 2 heterocycles. The first kappa shape index (κ1) is 14.0. The van der Waals surface area contributed by atoms with E-state index in [4.69, 9.17) is 4.42 Å². The average molecular weight is 321 g/mol. The van der Waals surface area contributed by atoms with Gasteiger partial charge in [0, 0.05) is 11.0 Å². The zero-order valence-corrected chi connectivity index (χ0v) is 13.2. The molecule has 100 valence electrons. The maximum atomic E-state index is 5.78. The number of furan rings is 1. The van der Waals surface area contributed by atoms with Crippen LogP contribution in [0, 0.1) is 0 Å². The minimum Gasteiger partial charge on any atom is -0.453 e. The van der Waals surface area contributed by atoms with Gasteiger partial charge in [-0.25, -0.2) is 9.97 Å². The molecule has 3 nitrogen and oxygen atoms in total. The quantitative estimate of drug-likeness (QED) is 0.788. The van der Waals surface area contributed by atoms with Crippen molar-refractivity contribution in [1.82, 2.24) is 9.97 Å². The number of hydrogen-bond donors (Lipinski definition) is 0. The van der Waals surface area contributed by atoms with Crippen molar-refractivity contribution < 1.29 is 4.42 Å². The minimum absolute atomic E-state index is 0.0817. The highest BCUT2D eigenvalue weighted by atomic mass is 79.9. The highest BCUT2D eigenvalue weighted by molar-refractivity contribution is 9.11. The van der Waals surface area contributed by atoms with E-state index in [0.29, 0.717) is 5.58 Å². The Morgan fingerprint density at radius 3 is 2.58 bits per heavy atom. The molecule has 0 aliphatic carbocycles. The van der Waals surface area contributed by atoms with Gasteiger partial charge in [-0.1, -0.05) is 42.8 Å². The van der Waals surface area contributed by atoms with Crippen LogP contribution in [0.25, 0.3) is 23.3 Å². The van der Waals surface area contributed by atoms with Gasteiger partial charge in [0.05, 0.1) is 6.20 Å². The highest BCUT2D eigenvalue weighted by Crippen LogP contribution is 2.29. The first-order valence-electron chi connectivity index (χ1n) is 6.17. The minimum atomic E-state index is -0.0817. The van der Waals surface area contributed by atoms with E-state index in [-0.39, 0.29) is 5.41 Å². The third kappa shape index (κ3) is 2.78. The zero-order valence-electron chi connectivity index (χ0n) is 11.6. The Kier molecular flexibility index (Phi) is 3.90. The van der Waals surface area contributed by atoms with Gasteiger partial charge < -0.3 is 4.42 Å². The van der Waals surface area contributed by atoms with E-state index >= 15 is 0 Å². The van der Waals surface area contributed by atoms with Crippen LogP contribution in [0.4, 0.5) is 0 Å². The summed E-state index contributed by atoms with van der Waals surface area (Å²) in [5.41, 5.74) is 2.45. The van der Waals surface area contributed by atoms with Crippen molar-refractivity contribution in [3.63, 3.8) is 0 Å². The van der Waals surface area contributed by atoms with E-state index in [0.717, 1.165) is 22.7 Å². The predicted molar refractivity (Wildman–Crippen MR) is 83.2 cm³/mol. The van der Waals surface area contributed by atoms with E-state index < -0.39 is 0 Å². The van der Waals surface area contributed by atoms with Gasteiger partial charge in [-0.15, -0.1) is 0 Å². The van der Waals surface area contributed by atoms with Crippen LogP contribution in [0.2, 0.25) is 0 Å². The molecule has 0 saturated carbocycles. The molecular weight excluding hydrogens is 304 g/mol. The molecule has 0 radical (unpaired) electrons. The summed E-state index contributed by atoms with van der Waals surface area (Å²) >= 11 is 3.31. The van der Waals surface area contributed by atoms with Crippen LogP contribution in [-0.4, -0.2) is 9.97 Å². The lowest BCUT2D eigenvalue weighted by Crippen LogP contribution is -2.15. The molecule has 0 aliphatic heterocycles. The molecule has 0 saturated heterocycles. The van der Waals surface area contributed by atoms with Gasteiger partial charge in [-0.3, -0.25) is 0 Å². The summed E-state index contributed by atoms with van der Waals surface area (Å²) in [7, 11) is 0. The molecule has 4 heteroatoms. The van der Waals surface area contributed by atoms with Crippen molar-refractivity contribution in [2.75, 3.05) is 0 Å². The molecule has 0 bridgehead atoms. The van der Waals surface area contributed by atoms with Gasteiger partial charge in [-0.2, -0.15) is 0 Å². The number of allylic oxidation sites excluding steroid dienone is 1. The summed E-state index contributed by atoms with van der Waals surface area (Å²) in [6, 6.07) is 0. The van der Waals surface area contributed by atoms with Gasteiger partial charge in [-0.05, 0) is 24.1 Å². The average Bonchev–Trinajstić information content (AvgIpc) is 2.67. The van der Waals surface area contributed by atoms with Crippen LogP contribution in [0.5, 0.6) is 0 Å². The Balaban J connectivity index is 2.73. The van der Waals surface area contributed by atoms with E-state index in [1.807, 2.05) is 30.1 Å². The summed E-state index contributed by atoms with van der Waals surface area (Å²) < 4.78 is 5.78. The van der Waals surface area contributed by atoms with Crippen LogP contribution >= 0.6 is 15.9 Å².